The highest BCUT2D eigenvalue weighted by atomic mass is 16.5. The molecule has 0 N–H and O–H groups in total. The number of hydrogen-bond donors (Lipinski definition) is 0. The number of benzene rings is 1. The minimum absolute atomic E-state index is 0.0219. The average Bonchev–Trinajstić information content (AvgIpc) is 3.27. The topological polar surface area (TPSA) is 91.0 Å². The summed E-state index contributed by atoms with van der Waals surface area (Å²) in [6, 6.07) is 7.46. The van der Waals surface area contributed by atoms with E-state index >= 15 is 0 Å². The Morgan fingerprint density at radius 1 is 1.23 bits per heavy atom. The first-order chi connectivity index (χ1) is 12.7. The fourth-order valence-corrected chi connectivity index (χ4v) is 2.92. The zero-order chi connectivity index (χ0) is 17.9. The van der Waals surface area contributed by atoms with E-state index in [0.29, 0.717) is 37.6 Å². The molecule has 0 atom stereocenters. The van der Waals surface area contributed by atoms with Gasteiger partial charge in [0.2, 0.25) is 0 Å². The standard InChI is InChI=1S/C17H19N7O2/c1-2-26-16-6-4-3-5-15(16)17(25)22-11-14(12-22)23-9-13(20-21-23)10-24-18-7-8-19-24/h3-9,14H,2,10-12H2,1H3. The van der Waals surface area contributed by atoms with Crippen molar-refractivity contribution >= 4 is 5.91 Å². The molecule has 0 bridgehead atoms. The molecule has 9 heteroatoms. The van der Waals surface area contributed by atoms with Gasteiger partial charge in [0.25, 0.3) is 5.91 Å². The van der Waals surface area contributed by atoms with E-state index in [9.17, 15) is 4.79 Å². The van der Waals surface area contributed by atoms with Crippen molar-refractivity contribution in [1.82, 2.24) is 34.9 Å². The minimum atomic E-state index is -0.0219. The first kappa shape index (κ1) is 16.2. The Kier molecular flexibility index (Phi) is 4.34. The number of aromatic nitrogens is 6. The first-order valence-electron chi connectivity index (χ1n) is 8.50. The lowest BCUT2D eigenvalue weighted by Gasteiger charge is -2.39. The Hall–Kier alpha value is -3.23. The molecule has 2 aromatic heterocycles. The molecule has 3 heterocycles. The molecule has 0 saturated carbocycles. The number of hydrogen-bond acceptors (Lipinski definition) is 6. The maximum atomic E-state index is 12.7. The maximum Gasteiger partial charge on any atom is 0.257 e. The van der Waals surface area contributed by atoms with Crippen molar-refractivity contribution in [3.05, 3.63) is 54.1 Å². The van der Waals surface area contributed by atoms with Crippen LogP contribution in [0.1, 0.15) is 29.0 Å². The van der Waals surface area contributed by atoms with Crippen LogP contribution in [0.15, 0.2) is 42.9 Å². The molecule has 0 spiro atoms. The van der Waals surface area contributed by atoms with Gasteiger partial charge in [-0.1, -0.05) is 17.3 Å². The Balaban J connectivity index is 1.38. The predicted octanol–water partition coefficient (Wildman–Crippen LogP) is 1.01. The number of ether oxygens (including phenoxy) is 1. The van der Waals surface area contributed by atoms with Gasteiger partial charge in [0.1, 0.15) is 18.0 Å². The van der Waals surface area contributed by atoms with Crippen molar-refractivity contribution in [2.75, 3.05) is 19.7 Å². The van der Waals surface area contributed by atoms with Gasteiger partial charge in [-0.05, 0) is 19.1 Å². The van der Waals surface area contributed by atoms with Crippen LogP contribution in [0.25, 0.3) is 0 Å². The zero-order valence-electron chi connectivity index (χ0n) is 14.4. The highest BCUT2D eigenvalue weighted by Crippen LogP contribution is 2.26. The highest BCUT2D eigenvalue weighted by molar-refractivity contribution is 5.97. The van der Waals surface area contributed by atoms with Crippen LogP contribution in [0, 0.1) is 0 Å². The second kappa shape index (κ2) is 6.95. The second-order valence-electron chi connectivity index (χ2n) is 6.04. The van der Waals surface area contributed by atoms with E-state index in [-0.39, 0.29) is 11.9 Å². The number of rotatable bonds is 6. The van der Waals surface area contributed by atoms with Crippen LogP contribution in [-0.4, -0.2) is 60.5 Å². The zero-order valence-corrected chi connectivity index (χ0v) is 14.4. The largest absolute Gasteiger partial charge is 0.493 e. The number of para-hydroxylation sites is 1. The summed E-state index contributed by atoms with van der Waals surface area (Å²) in [5.41, 5.74) is 1.38. The monoisotopic (exact) mass is 353 g/mol. The minimum Gasteiger partial charge on any atom is -0.493 e. The van der Waals surface area contributed by atoms with E-state index in [4.69, 9.17) is 4.74 Å². The van der Waals surface area contributed by atoms with Gasteiger partial charge in [0.15, 0.2) is 0 Å². The van der Waals surface area contributed by atoms with Gasteiger partial charge in [-0.25, -0.2) is 4.68 Å². The quantitative estimate of drug-likeness (QED) is 0.657. The Labute approximate surface area is 150 Å². The summed E-state index contributed by atoms with van der Waals surface area (Å²) in [6.45, 7) is 4.11. The molecule has 1 aliphatic rings. The Morgan fingerprint density at radius 3 is 2.77 bits per heavy atom. The molecule has 0 unspecified atom stereocenters. The summed E-state index contributed by atoms with van der Waals surface area (Å²) in [7, 11) is 0. The van der Waals surface area contributed by atoms with E-state index in [0.717, 1.165) is 5.69 Å². The molecule has 1 aliphatic heterocycles. The molecule has 0 aliphatic carbocycles. The van der Waals surface area contributed by atoms with Gasteiger partial charge >= 0.3 is 0 Å². The molecule has 3 aromatic rings. The first-order valence-corrected chi connectivity index (χ1v) is 8.50. The lowest BCUT2D eigenvalue weighted by Crippen LogP contribution is -2.51. The summed E-state index contributed by atoms with van der Waals surface area (Å²) in [5.74, 6) is 0.601. The molecule has 4 rings (SSSR count). The Morgan fingerprint density at radius 2 is 2.00 bits per heavy atom. The van der Waals surface area contributed by atoms with E-state index in [2.05, 4.69) is 20.5 Å². The van der Waals surface area contributed by atoms with Crippen LogP contribution in [0.2, 0.25) is 0 Å². The lowest BCUT2D eigenvalue weighted by atomic mass is 10.1. The highest BCUT2D eigenvalue weighted by Gasteiger charge is 2.34. The SMILES string of the molecule is CCOc1ccccc1C(=O)N1CC(n2cc(Cn3nccn3)nn2)C1. The number of amides is 1. The Bertz CT molecular complexity index is 884. The fraction of sp³-hybridized carbons (Fsp3) is 0.353. The molecule has 134 valence electrons. The third-order valence-corrected chi connectivity index (χ3v) is 4.27. The van der Waals surface area contributed by atoms with Crippen molar-refractivity contribution in [1.29, 1.82) is 0 Å². The maximum absolute atomic E-state index is 12.7. The molecular weight excluding hydrogens is 334 g/mol. The number of carbonyl (C=O) groups is 1. The summed E-state index contributed by atoms with van der Waals surface area (Å²) in [4.78, 5) is 16.0. The molecule has 26 heavy (non-hydrogen) atoms. The van der Waals surface area contributed by atoms with Crippen LogP contribution in [0.5, 0.6) is 5.75 Å². The summed E-state index contributed by atoms with van der Waals surface area (Å²) in [5, 5.41) is 16.4. The molecule has 9 nitrogen and oxygen atoms in total. The van der Waals surface area contributed by atoms with Crippen LogP contribution in [-0.2, 0) is 6.54 Å². The number of nitrogens with zero attached hydrogens (tertiary/aromatic N) is 7. The van der Waals surface area contributed by atoms with Gasteiger partial charge in [0.05, 0.1) is 36.8 Å². The lowest BCUT2D eigenvalue weighted by molar-refractivity contribution is 0.0494. The van der Waals surface area contributed by atoms with Gasteiger partial charge < -0.3 is 9.64 Å². The van der Waals surface area contributed by atoms with Crippen molar-refractivity contribution in [2.24, 2.45) is 0 Å². The van der Waals surface area contributed by atoms with Gasteiger partial charge in [-0.3, -0.25) is 4.79 Å². The third kappa shape index (κ3) is 3.15. The summed E-state index contributed by atoms with van der Waals surface area (Å²) in [6.07, 6.45) is 5.13. The second-order valence-corrected chi connectivity index (χ2v) is 6.04. The third-order valence-electron chi connectivity index (χ3n) is 4.27. The van der Waals surface area contributed by atoms with Crippen LogP contribution >= 0.6 is 0 Å². The van der Waals surface area contributed by atoms with Crippen LogP contribution in [0.3, 0.4) is 0 Å². The molecule has 1 amide bonds. The van der Waals surface area contributed by atoms with E-state index in [1.54, 1.807) is 32.8 Å². The van der Waals surface area contributed by atoms with Crippen LogP contribution in [0.4, 0.5) is 0 Å². The van der Waals surface area contributed by atoms with Crippen LogP contribution < -0.4 is 4.74 Å². The predicted molar refractivity (Wildman–Crippen MR) is 91.7 cm³/mol. The smallest absolute Gasteiger partial charge is 0.257 e. The molecular formula is C17H19N7O2. The van der Waals surface area contributed by atoms with E-state index in [1.807, 2.05) is 31.3 Å². The number of likely N-dealkylation sites (tertiary alicyclic amines) is 1. The summed E-state index contributed by atoms with van der Waals surface area (Å²) < 4.78 is 7.36. The van der Waals surface area contributed by atoms with Crippen molar-refractivity contribution in [3.8, 4) is 5.75 Å². The average molecular weight is 353 g/mol. The van der Waals surface area contributed by atoms with Crippen molar-refractivity contribution in [2.45, 2.75) is 19.5 Å². The molecule has 1 saturated heterocycles. The molecule has 1 fully saturated rings. The van der Waals surface area contributed by atoms with Crippen molar-refractivity contribution < 1.29 is 9.53 Å². The normalized spacial score (nSPS) is 14.3. The summed E-state index contributed by atoms with van der Waals surface area (Å²) >= 11 is 0. The fourth-order valence-electron chi connectivity index (χ4n) is 2.92. The van der Waals surface area contributed by atoms with E-state index < -0.39 is 0 Å². The number of carbonyl (C=O) groups excluding carboxylic acids is 1. The van der Waals surface area contributed by atoms with Gasteiger partial charge in [-0.15, -0.1) is 5.10 Å². The van der Waals surface area contributed by atoms with E-state index in [1.165, 1.54) is 0 Å². The molecule has 0 radical (unpaired) electrons. The van der Waals surface area contributed by atoms with Gasteiger partial charge in [0, 0.05) is 13.1 Å². The van der Waals surface area contributed by atoms with Crippen molar-refractivity contribution in [3.63, 3.8) is 0 Å². The molecule has 1 aromatic carbocycles. The van der Waals surface area contributed by atoms with Gasteiger partial charge in [-0.2, -0.15) is 15.0 Å².